The maximum atomic E-state index is 11.6. The SMILES string of the molecule is O=C(O)COCCNC(=O)C1CC2CC2C1. The van der Waals surface area contributed by atoms with Crippen molar-refractivity contribution in [1.82, 2.24) is 5.32 Å². The predicted octanol–water partition coefficient (Wildman–Crippen LogP) is 0.250. The Labute approximate surface area is 94.2 Å². The van der Waals surface area contributed by atoms with Crippen molar-refractivity contribution in [3.05, 3.63) is 0 Å². The molecule has 16 heavy (non-hydrogen) atoms. The van der Waals surface area contributed by atoms with Crippen LogP contribution < -0.4 is 5.32 Å². The fourth-order valence-corrected chi connectivity index (χ4v) is 2.48. The molecule has 0 aromatic carbocycles. The summed E-state index contributed by atoms with van der Waals surface area (Å²) < 4.78 is 4.82. The number of nitrogens with one attached hydrogen (secondary N) is 1. The topological polar surface area (TPSA) is 75.6 Å². The standard InChI is InChI=1S/C11H17NO4/c13-10(14)6-16-2-1-12-11(15)9-4-7-3-8(7)5-9/h7-9H,1-6H2,(H,12,15)(H,13,14). The van der Waals surface area contributed by atoms with Crippen LogP contribution in [0.1, 0.15) is 19.3 Å². The number of hydrogen-bond acceptors (Lipinski definition) is 3. The number of aliphatic carboxylic acids is 1. The second-order valence-electron chi connectivity index (χ2n) is 4.66. The van der Waals surface area contributed by atoms with Crippen LogP contribution in [-0.2, 0) is 14.3 Å². The van der Waals surface area contributed by atoms with E-state index in [1.807, 2.05) is 0 Å². The molecular formula is C11H17NO4. The second kappa shape index (κ2) is 4.82. The van der Waals surface area contributed by atoms with Crippen molar-refractivity contribution in [2.75, 3.05) is 19.8 Å². The van der Waals surface area contributed by atoms with Crippen molar-refractivity contribution >= 4 is 11.9 Å². The van der Waals surface area contributed by atoms with Crippen LogP contribution in [0.25, 0.3) is 0 Å². The number of carbonyl (C=O) groups excluding carboxylic acids is 1. The quantitative estimate of drug-likeness (QED) is 0.638. The fraction of sp³-hybridized carbons (Fsp3) is 0.818. The zero-order chi connectivity index (χ0) is 11.5. The Kier molecular flexibility index (Phi) is 3.43. The number of fused-ring (bicyclic) bond motifs is 1. The number of ether oxygens (including phenoxy) is 1. The van der Waals surface area contributed by atoms with E-state index in [1.54, 1.807) is 0 Å². The summed E-state index contributed by atoms with van der Waals surface area (Å²) in [6.45, 7) is 0.360. The van der Waals surface area contributed by atoms with E-state index in [2.05, 4.69) is 5.32 Å². The number of carboxylic acid groups (broad SMARTS) is 1. The van der Waals surface area contributed by atoms with Crippen LogP contribution in [0.3, 0.4) is 0 Å². The lowest BCUT2D eigenvalue weighted by molar-refractivity contribution is -0.142. The van der Waals surface area contributed by atoms with Gasteiger partial charge in [0.25, 0.3) is 0 Å². The minimum atomic E-state index is -0.984. The number of carboxylic acids is 1. The van der Waals surface area contributed by atoms with Gasteiger partial charge in [0.05, 0.1) is 6.61 Å². The lowest BCUT2D eigenvalue weighted by Gasteiger charge is -2.11. The molecule has 0 aromatic rings. The molecule has 0 bridgehead atoms. The van der Waals surface area contributed by atoms with Gasteiger partial charge < -0.3 is 15.2 Å². The highest BCUT2D eigenvalue weighted by atomic mass is 16.5. The summed E-state index contributed by atoms with van der Waals surface area (Å²) in [6.07, 6.45) is 3.38. The summed E-state index contributed by atoms with van der Waals surface area (Å²) in [5.74, 6) is 0.912. The average molecular weight is 227 g/mol. The number of carbonyl (C=O) groups is 2. The minimum Gasteiger partial charge on any atom is -0.480 e. The van der Waals surface area contributed by atoms with Crippen molar-refractivity contribution in [2.24, 2.45) is 17.8 Å². The Morgan fingerprint density at radius 3 is 2.56 bits per heavy atom. The summed E-state index contributed by atoms with van der Waals surface area (Å²) >= 11 is 0. The summed E-state index contributed by atoms with van der Waals surface area (Å²) in [5.41, 5.74) is 0. The van der Waals surface area contributed by atoms with E-state index in [0.29, 0.717) is 6.54 Å². The van der Waals surface area contributed by atoms with Gasteiger partial charge >= 0.3 is 5.97 Å². The molecule has 2 unspecified atom stereocenters. The molecule has 0 saturated heterocycles. The Bertz CT molecular complexity index is 282. The van der Waals surface area contributed by atoms with E-state index < -0.39 is 5.97 Å². The van der Waals surface area contributed by atoms with E-state index in [4.69, 9.17) is 9.84 Å². The van der Waals surface area contributed by atoms with Crippen molar-refractivity contribution in [3.8, 4) is 0 Å². The Morgan fingerprint density at radius 2 is 1.94 bits per heavy atom. The predicted molar refractivity (Wildman–Crippen MR) is 55.8 cm³/mol. The first kappa shape index (κ1) is 11.4. The number of rotatable bonds is 6. The second-order valence-corrected chi connectivity index (χ2v) is 4.66. The smallest absolute Gasteiger partial charge is 0.329 e. The monoisotopic (exact) mass is 227 g/mol. The molecular weight excluding hydrogens is 210 g/mol. The fourth-order valence-electron chi connectivity index (χ4n) is 2.48. The van der Waals surface area contributed by atoms with Crippen molar-refractivity contribution in [2.45, 2.75) is 19.3 Å². The van der Waals surface area contributed by atoms with E-state index in [0.717, 1.165) is 24.7 Å². The highest BCUT2D eigenvalue weighted by Crippen LogP contribution is 2.54. The molecule has 2 atom stereocenters. The van der Waals surface area contributed by atoms with Gasteiger partial charge in [0.2, 0.25) is 5.91 Å². The van der Waals surface area contributed by atoms with Crippen LogP contribution in [0.5, 0.6) is 0 Å². The molecule has 0 heterocycles. The van der Waals surface area contributed by atoms with Gasteiger partial charge in [-0.1, -0.05) is 0 Å². The minimum absolute atomic E-state index is 0.103. The summed E-state index contributed by atoms with van der Waals surface area (Å²) in [6, 6.07) is 0. The van der Waals surface area contributed by atoms with Gasteiger partial charge in [0.15, 0.2) is 0 Å². The first-order chi connectivity index (χ1) is 7.66. The molecule has 5 heteroatoms. The lowest BCUT2D eigenvalue weighted by Crippen LogP contribution is -2.33. The lowest BCUT2D eigenvalue weighted by atomic mass is 10.0. The molecule has 2 aliphatic carbocycles. The third kappa shape index (κ3) is 2.95. The Hall–Kier alpha value is -1.10. The largest absolute Gasteiger partial charge is 0.480 e. The molecule has 0 aliphatic heterocycles. The Balaban J connectivity index is 1.52. The van der Waals surface area contributed by atoms with Gasteiger partial charge in [-0.3, -0.25) is 4.79 Å². The maximum Gasteiger partial charge on any atom is 0.329 e. The van der Waals surface area contributed by atoms with Crippen molar-refractivity contribution in [1.29, 1.82) is 0 Å². The van der Waals surface area contributed by atoms with Crippen LogP contribution in [0.2, 0.25) is 0 Å². The highest BCUT2D eigenvalue weighted by Gasteiger charge is 2.47. The van der Waals surface area contributed by atoms with E-state index in [9.17, 15) is 9.59 Å². The maximum absolute atomic E-state index is 11.6. The molecule has 90 valence electrons. The summed E-state index contributed by atoms with van der Waals surface area (Å²) in [4.78, 5) is 21.8. The zero-order valence-electron chi connectivity index (χ0n) is 9.15. The molecule has 0 aromatic heterocycles. The van der Waals surface area contributed by atoms with E-state index in [1.165, 1.54) is 6.42 Å². The summed E-state index contributed by atoms with van der Waals surface area (Å²) in [7, 11) is 0. The molecule has 0 spiro atoms. The first-order valence-corrected chi connectivity index (χ1v) is 5.74. The van der Waals surface area contributed by atoms with Gasteiger partial charge in [-0.2, -0.15) is 0 Å². The number of hydrogen-bond donors (Lipinski definition) is 2. The van der Waals surface area contributed by atoms with Gasteiger partial charge in [0.1, 0.15) is 6.61 Å². The van der Waals surface area contributed by atoms with Crippen molar-refractivity contribution < 1.29 is 19.4 Å². The van der Waals surface area contributed by atoms with Gasteiger partial charge in [-0.15, -0.1) is 0 Å². The molecule has 0 radical (unpaired) electrons. The molecule has 5 nitrogen and oxygen atoms in total. The zero-order valence-corrected chi connectivity index (χ0v) is 9.15. The molecule has 2 aliphatic rings. The summed E-state index contributed by atoms with van der Waals surface area (Å²) in [5, 5.41) is 11.1. The van der Waals surface area contributed by atoms with Gasteiger partial charge in [-0.25, -0.2) is 4.79 Å². The third-order valence-corrected chi connectivity index (χ3v) is 3.39. The van der Waals surface area contributed by atoms with Crippen LogP contribution >= 0.6 is 0 Å². The third-order valence-electron chi connectivity index (χ3n) is 3.39. The van der Waals surface area contributed by atoms with E-state index >= 15 is 0 Å². The average Bonchev–Trinajstić information content (AvgIpc) is 2.84. The van der Waals surface area contributed by atoms with Crippen LogP contribution in [0.15, 0.2) is 0 Å². The van der Waals surface area contributed by atoms with Crippen LogP contribution in [-0.4, -0.2) is 36.7 Å². The molecule has 2 rings (SSSR count). The van der Waals surface area contributed by atoms with Gasteiger partial charge in [-0.05, 0) is 31.1 Å². The highest BCUT2D eigenvalue weighted by molar-refractivity contribution is 5.79. The van der Waals surface area contributed by atoms with Gasteiger partial charge in [0, 0.05) is 12.5 Å². The van der Waals surface area contributed by atoms with Crippen molar-refractivity contribution in [3.63, 3.8) is 0 Å². The Morgan fingerprint density at radius 1 is 1.25 bits per heavy atom. The molecule has 2 fully saturated rings. The van der Waals surface area contributed by atoms with Crippen LogP contribution in [0, 0.1) is 17.8 Å². The van der Waals surface area contributed by atoms with E-state index in [-0.39, 0.29) is 25.0 Å². The molecule has 1 amide bonds. The van der Waals surface area contributed by atoms with Crippen LogP contribution in [0.4, 0.5) is 0 Å². The normalized spacial score (nSPS) is 30.9. The molecule has 2 saturated carbocycles. The molecule has 2 N–H and O–H groups in total. The number of amides is 1. The first-order valence-electron chi connectivity index (χ1n) is 5.74.